The predicted molar refractivity (Wildman–Crippen MR) is 131 cm³/mol. The number of hydrogen-bond acceptors (Lipinski definition) is 6. The maximum absolute atomic E-state index is 12.9. The van der Waals surface area contributed by atoms with Crippen LogP contribution in [0.25, 0.3) is 0 Å². The molecule has 0 radical (unpaired) electrons. The van der Waals surface area contributed by atoms with Crippen molar-refractivity contribution in [3.05, 3.63) is 76.5 Å². The zero-order chi connectivity index (χ0) is 22.2. The summed E-state index contributed by atoms with van der Waals surface area (Å²) in [7, 11) is 0. The Morgan fingerprint density at radius 1 is 0.969 bits per heavy atom. The van der Waals surface area contributed by atoms with Crippen LogP contribution in [0.1, 0.15) is 15.9 Å². The molecule has 166 valence electrons. The maximum atomic E-state index is 12.9. The fourth-order valence-electron chi connectivity index (χ4n) is 3.31. The fraction of sp³-hybridized carbons (Fsp3) is 0.250. The Labute approximate surface area is 196 Å². The molecule has 3 aromatic rings. The van der Waals surface area contributed by atoms with Gasteiger partial charge in [-0.1, -0.05) is 12.1 Å². The zero-order valence-electron chi connectivity index (χ0n) is 17.6. The van der Waals surface area contributed by atoms with Crippen LogP contribution in [0.5, 0.6) is 0 Å². The molecule has 1 aliphatic rings. The summed E-state index contributed by atoms with van der Waals surface area (Å²) in [6.45, 7) is 3.22. The number of morpholine rings is 1. The molecule has 0 atom stereocenters. The number of nitrogens with zero attached hydrogens (tertiary/aromatic N) is 1. The van der Waals surface area contributed by atoms with Gasteiger partial charge in [-0.25, -0.2) is 0 Å². The number of ether oxygens (including phenoxy) is 1. The second-order valence-corrected chi connectivity index (χ2v) is 9.18. The van der Waals surface area contributed by atoms with E-state index in [1.54, 1.807) is 47.4 Å². The van der Waals surface area contributed by atoms with Gasteiger partial charge in [-0.2, -0.15) is 11.3 Å². The SMILES string of the molecule is O=C(CN1CCOCC1)Nc1ccc(NC(=O)c2ccccc2SCc2ccsc2)cc1. The van der Waals surface area contributed by atoms with Crippen LogP contribution < -0.4 is 10.6 Å². The Balaban J connectivity index is 1.32. The number of amides is 2. The average Bonchev–Trinajstić information content (AvgIpc) is 3.33. The molecule has 32 heavy (non-hydrogen) atoms. The summed E-state index contributed by atoms with van der Waals surface area (Å²) < 4.78 is 5.31. The molecule has 4 rings (SSSR count). The fourth-order valence-corrected chi connectivity index (χ4v) is 5.08. The largest absolute Gasteiger partial charge is 0.379 e. The Morgan fingerprint density at radius 3 is 2.41 bits per heavy atom. The van der Waals surface area contributed by atoms with Gasteiger partial charge >= 0.3 is 0 Å². The van der Waals surface area contributed by atoms with Crippen LogP contribution in [0.4, 0.5) is 11.4 Å². The Morgan fingerprint density at radius 2 is 1.69 bits per heavy atom. The van der Waals surface area contributed by atoms with Gasteiger partial charge in [0.25, 0.3) is 5.91 Å². The molecule has 2 amide bonds. The Hall–Kier alpha value is -2.65. The van der Waals surface area contributed by atoms with E-state index < -0.39 is 0 Å². The Bertz CT molecular complexity index is 1030. The highest BCUT2D eigenvalue weighted by atomic mass is 32.2. The number of carbonyl (C=O) groups excluding carboxylic acids is 2. The number of carbonyl (C=O) groups is 2. The monoisotopic (exact) mass is 467 g/mol. The van der Waals surface area contributed by atoms with E-state index in [0.29, 0.717) is 36.7 Å². The molecule has 1 aromatic heterocycles. The molecule has 1 fully saturated rings. The van der Waals surface area contributed by atoms with Crippen molar-refractivity contribution in [3.8, 4) is 0 Å². The lowest BCUT2D eigenvalue weighted by Crippen LogP contribution is -2.41. The first-order chi connectivity index (χ1) is 15.7. The van der Waals surface area contributed by atoms with Crippen molar-refractivity contribution >= 4 is 46.3 Å². The predicted octanol–water partition coefficient (Wildman–Crippen LogP) is 4.56. The van der Waals surface area contributed by atoms with E-state index >= 15 is 0 Å². The molecule has 8 heteroatoms. The number of hydrogen-bond donors (Lipinski definition) is 2. The molecule has 2 N–H and O–H groups in total. The van der Waals surface area contributed by atoms with Crippen molar-refractivity contribution in [2.75, 3.05) is 43.5 Å². The second kappa shape index (κ2) is 11.3. The molecule has 2 heterocycles. The summed E-state index contributed by atoms with van der Waals surface area (Å²) in [5, 5.41) is 10.0. The van der Waals surface area contributed by atoms with Gasteiger partial charge in [0.15, 0.2) is 0 Å². The molecular formula is C24H25N3O3S2. The van der Waals surface area contributed by atoms with Gasteiger partial charge in [0, 0.05) is 35.1 Å². The van der Waals surface area contributed by atoms with E-state index in [0.717, 1.165) is 23.7 Å². The van der Waals surface area contributed by atoms with Crippen molar-refractivity contribution in [3.63, 3.8) is 0 Å². The van der Waals surface area contributed by atoms with E-state index in [1.165, 1.54) is 5.56 Å². The number of thiophene rings is 1. The van der Waals surface area contributed by atoms with E-state index in [2.05, 4.69) is 32.4 Å². The van der Waals surface area contributed by atoms with E-state index in [-0.39, 0.29) is 11.8 Å². The summed E-state index contributed by atoms with van der Waals surface area (Å²) >= 11 is 3.33. The van der Waals surface area contributed by atoms with Crippen molar-refractivity contribution in [1.82, 2.24) is 4.90 Å². The van der Waals surface area contributed by atoms with Crippen molar-refractivity contribution < 1.29 is 14.3 Å². The maximum Gasteiger partial charge on any atom is 0.256 e. The smallest absolute Gasteiger partial charge is 0.256 e. The lowest BCUT2D eigenvalue weighted by molar-refractivity contribution is -0.118. The molecular weight excluding hydrogens is 442 g/mol. The molecule has 0 bridgehead atoms. The molecule has 2 aromatic carbocycles. The third kappa shape index (κ3) is 6.43. The van der Waals surface area contributed by atoms with Gasteiger partial charge in [-0.3, -0.25) is 14.5 Å². The normalized spacial score (nSPS) is 14.1. The van der Waals surface area contributed by atoms with Crippen LogP contribution >= 0.6 is 23.1 Å². The highest BCUT2D eigenvalue weighted by Crippen LogP contribution is 2.28. The van der Waals surface area contributed by atoms with Crippen LogP contribution in [-0.4, -0.2) is 49.6 Å². The summed E-state index contributed by atoms with van der Waals surface area (Å²) in [5.41, 5.74) is 3.28. The minimum Gasteiger partial charge on any atom is -0.379 e. The van der Waals surface area contributed by atoms with Crippen molar-refractivity contribution in [1.29, 1.82) is 0 Å². The van der Waals surface area contributed by atoms with Crippen LogP contribution in [0.15, 0.2) is 70.3 Å². The highest BCUT2D eigenvalue weighted by molar-refractivity contribution is 7.98. The standard InChI is InChI=1S/C24H25N3O3S2/c28-23(15-27-10-12-30-13-11-27)25-19-5-7-20(8-6-19)26-24(29)21-3-1-2-4-22(21)32-17-18-9-14-31-16-18/h1-9,14,16H,10-13,15,17H2,(H,25,28)(H,26,29). The van der Waals surface area contributed by atoms with E-state index in [1.807, 2.05) is 24.3 Å². The molecule has 6 nitrogen and oxygen atoms in total. The first-order valence-electron chi connectivity index (χ1n) is 10.4. The second-order valence-electron chi connectivity index (χ2n) is 7.38. The van der Waals surface area contributed by atoms with Gasteiger partial charge in [-0.05, 0) is 58.8 Å². The van der Waals surface area contributed by atoms with E-state index in [4.69, 9.17) is 4.74 Å². The summed E-state index contributed by atoms with van der Waals surface area (Å²) in [6, 6.07) is 16.9. The highest BCUT2D eigenvalue weighted by Gasteiger charge is 2.15. The van der Waals surface area contributed by atoms with Crippen molar-refractivity contribution in [2.24, 2.45) is 0 Å². The number of anilines is 2. The minimum atomic E-state index is -0.150. The molecule has 0 aliphatic carbocycles. The first kappa shape index (κ1) is 22.5. The molecule has 1 aliphatic heterocycles. The first-order valence-corrected chi connectivity index (χ1v) is 12.3. The molecule has 1 saturated heterocycles. The van der Waals surface area contributed by atoms with Gasteiger partial charge in [0.1, 0.15) is 0 Å². The number of thioether (sulfide) groups is 1. The number of nitrogens with one attached hydrogen (secondary N) is 2. The third-order valence-corrected chi connectivity index (χ3v) is 6.88. The number of rotatable bonds is 8. The lowest BCUT2D eigenvalue weighted by Gasteiger charge is -2.25. The van der Waals surface area contributed by atoms with Gasteiger partial charge in [0.2, 0.25) is 5.91 Å². The van der Waals surface area contributed by atoms with Crippen LogP contribution in [0, 0.1) is 0 Å². The topological polar surface area (TPSA) is 70.7 Å². The lowest BCUT2D eigenvalue weighted by atomic mass is 10.2. The van der Waals surface area contributed by atoms with Gasteiger partial charge < -0.3 is 15.4 Å². The molecule has 0 saturated carbocycles. The molecule has 0 spiro atoms. The quantitative estimate of drug-likeness (QED) is 0.475. The minimum absolute atomic E-state index is 0.0553. The summed E-state index contributed by atoms with van der Waals surface area (Å²) in [4.78, 5) is 28.1. The Kier molecular flexibility index (Phi) is 7.95. The summed E-state index contributed by atoms with van der Waals surface area (Å²) in [6.07, 6.45) is 0. The van der Waals surface area contributed by atoms with Gasteiger partial charge in [-0.15, -0.1) is 11.8 Å². The zero-order valence-corrected chi connectivity index (χ0v) is 19.2. The van der Waals surface area contributed by atoms with Crippen molar-refractivity contribution in [2.45, 2.75) is 10.6 Å². The summed E-state index contributed by atoms with van der Waals surface area (Å²) in [5.74, 6) is 0.620. The third-order valence-electron chi connectivity index (χ3n) is 5.00. The van der Waals surface area contributed by atoms with Crippen LogP contribution in [0.3, 0.4) is 0 Å². The number of benzene rings is 2. The molecule has 0 unspecified atom stereocenters. The van der Waals surface area contributed by atoms with E-state index in [9.17, 15) is 9.59 Å². The van der Waals surface area contributed by atoms with Gasteiger partial charge in [0.05, 0.1) is 25.3 Å². The van der Waals surface area contributed by atoms with Crippen LogP contribution in [0.2, 0.25) is 0 Å². The average molecular weight is 468 g/mol. The van der Waals surface area contributed by atoms with Crippen LogP contribution in [-0.2, 0) is 15.3 Å².